The number of ether oxygens (including phenoxy) is 1. The van der Waals surface area contributed by atoms with Gasteiger partial charge >= 0.3 is 0 Å². The molecule has 0 saturated carbocycles. The number of amides is 1. The Kier molecular flexibility index (Phi) is 4.83. The minimum Gasteiger partial charge on any atom is -0.493 e. The molecule has 1 unspecified atom stereocenters. The summed E-state index contributed by atoms with van der Waals surface area (Å²) >= 11 is 0. The van der Waals surface area contributed by atoms with Gasteiger partial charge in [0.25, 0.3) is 0 Å². The van der Waals surface area contributed by atoms with Crippen LogP contribution in [0.3, 0.4) is 0 Å². The highest BCUT2D eigenvalue weighted by Gasteiger charge is 2.25. The highest BCUT2D eigenvalue weighted by molar-refractivity contribution is 5.78. The van der Waals surface area contributed by atoms with Gasteiger partial charge in [-0.15, -0.1) is 0 Å². The second-order valence-corrected chi connectivity index (χ2v) is 5.57. The van der Waals surface area contributed by atoms with Crippen LogP contribution in [0.4, 0.5) is 0 Å². The Balaban J connectivity index is 1.83. The highest BCUT2D eigenvalue weighted by Crippen LogP contribution is 2.20. The van der Waals surface area contributed by atoms with E-state index in [9.17, 15) is 4.79 Å². The third-order valence-electron chi connectivity index (χ3n) is 3.55. The maximum atomic E-state index is 12.0. The molecule has 2 rings (SSSR count). The summed E-state index contributed by atoms with van der Waals surface area (Å²) in [5.41, 5.74) is 0. The predicted octanol–water partition coefficient (Wildman–Crippen LogP) is 2.96. The number of piperidine rings is 1. The number of rotatable bonds is 4. The summed E-state index contributed by atoms with van der Waals surface area (Å²) in [7, 11) is 0. The lowest BCUT2D eigenvalue weighted by atomic mass is 9.98. The van der Waals surface area contributed by atoms with Crippen LogP contribution in [-0.2, 0) is 4.79 Å². The van der Waals surface area contributed by atoms with Gasteiger partial charge in [0.2, 0.25) is 5.91 Å². The van der Waals surface area contributed by atoms with Crippen LogP contribution < -0.4 is 4.74 Å². The van der Waals surface area contributed by atoms with Gasteiger partial charge < -0.3 is 9.64 Å². The fraction of sp³-hybridized carbons (Fsp3) is 0.562. The average Bonchev–Trinajstić information content (AvgIpc) is 2.45. The number of likely N-dealkylation sites (tertiary alicyclic amines) is 1. The molecular weight excluding hydrogens is 238 g/mol. The third-order valence-corrected chi connectivity index (χ3v) is 3.55. The number of carbonyl (C=O) groups excluding carboxylic acids is 1. The number of carbonyl (C=O) groups is 1. The number of hydrogen-bond donors (Lipinski definition) is 0. The molecule has 1 aliphatic heterocycles. The average molecular weight is 261 g/mol. The SMILES string of the molecule is CC(C)C(=O)N1CCCC(COc2ccccc2)C1. The van der Waals surface area contributed by atoms with E-state index in [1.165, 1.54) is 0 Å². The second-order valence-electron chi connectivity index (χ2n) is 5.57. The van der Waals surface area contributed by atoms with Gasteiger partial charge in [-0.1, -0.05) is 32.0 Å². The van der Waals surface area contributed by atoms with Crippen LogP contribution >= 0.6 is 0 Å². The van der Waals surface area contributed by atoms with Crippen LogP contribution in [0.1, 0.15) is 26.7 Å². The third kappa shape index (κ3) is 3.98. The Bertz CT molecular complexity index is 402. The van der Waals surface area contributed by atoms with E-state index < -0.39 is 0 Å². The van der Waals surface area contributed by atoms with E-state index in [0.717, 1.165) is 31.7 Å². The molecule has 1 amide bonds. The van der Waals surface area contributed by atoms with Crippen LogP contribution in [0, 0.1) is 11.8 Å². The van der Waals surface area contributed by atoms with Crippen molar-refractivity contribution in [2.45, 2.75) is 26.7 Å². The topological polar surface area (TPSA) is 29.5 Å². The molecule has 1 saturated heterocycles. The molecule has 104 valence electrons. The molecular formula is C16H23NO2. The molecule has 1 fully saturated rings. The van der Waals surface area contributed by atoms with Gasteiger partial charge in [-0.3, -0.25) is 4.79 Å². The molecule has 0 aromatic heterocycles. The van der Waals surface area contributed by atoms with E-state index >= 15 is 0 Å². The van der Waals surface area contributed by atoms with Crippen molar-refractivity contribution >= 4 is 5.91 Å². The van der Waals surface area contributed by atoms with Crippen molar-refractivity contribution in [3.63, 3.8) is 0 Å². The molecule has 0 spiro atoms. The summed E-state index contributed by atoms with van der Waals surface area (Å²) in [4.78, 5) is 14.0. The largest absolute Gasteiger partial charge is 0.493 e. The fourth-order valence-corrected chi connectivity index (χ4v) is 2.50. The normalized spacial score (nSPS) is 19.5. The van der Waals surface area contributed by atoms with E-state index in [0.29, 0.717) is 12.5 Å². The predicted molar refractivity (Wildman–Crippen MR) is 76.1 cm³/mol. The summed E-state index contributed by atoms with van der Waals surface area (Å²) in [5, 5.41) is 0. The van der Waals surface area contributed by atoms with E-state index in [4.69, 9.17) is 4.74 Å². The van der Waals surface area contributed by atoms with E-state index in [1.807, 2.05) is 49.1 Å². The van der Waals surface area contributed by atoms with Crippen molar-refractivity contribution in [1.82, 2.24) is 4.90 Å². The van der Waals surface area contributed by atoms with E-state index in [2.05, 4.69) is 0 Å². The fourth-order valence-electron chi connectivity index (χ4n) is 2.50. The zero-order valence-electron chi connectivity index (χ0n) is 11.8. The first kappa shape index (κ1) is 13.9. The zero-order chi connectivity index (χ0) is 13.7. The minimum atomic E-state index is 0.0915. The van der Waals surface area contributed by atoms with Crippen molar-refractivity contribution < 1.29 is 9.53 Å². The Hall–Kier alpha value is -1.51. The van der Waals surface area contributed by atoms with Crippen molar-refractivity contribution in [2.24, 2.45) is 11.8 Å². The van der Waals surface area contributed by atoms with Crippen LogP contribution in [0.2, 0.25) is 0 Å². The van der Waals surface area contributed by atoms with Crippen LogP contribution in [-0.4, -0.2) is 30.5 Å². The lowest BCUT2D eigenvalue weighted by Gasteiger charge is -2.33. The van der Waals surface area contributed by atoms with Crippen molar-refractivity contribution in [3.8, 4) is 5.75 Å². The standard InChI is InChI=1S/C16H23NO2/c1-13(2)16(18)17-10-6-7-14(11-17)12-19-15-8-4-3-5-9-15/h3-5,8-9,13-14H,6-7,10-12H2,1-2H3. The molecule has 0 N–H and O–H groups in total. The van der Waals surface area contributed by atoms with E-state index in [1.54, 1.807) is 0 Å². The van der Waals surface area contributed by atoms with Gasteiger partial charge in [-0.2, -0.15) is 0 Å². The molecule has 0 aliphatic carbocycles. The lowest BCUT2D eigenvalue weighted by Crippen LogP contribution is -2.43. The first-order valence-electron chi connectivity index (χ1n) is 7.13. The Morgan fingerprint density at radius 3 is 2.79 bits per heavy atom. The molecule has 0 bridgehead atoms. The monoisotopic (exact) mass is 261 g/mol. The Labute approximate surface area is 115 Å². The van der Waals surface area contributed by atoms with Crippen LogP contribution in [0.25, 0.3) is 0 Å². The second kappa shape index (κ2) is 6.60. The molecule has 0 radical (unpaired) electrons. The first-order chi connectivity index (χ1) is 9.16. The molecule has 1 atom stereocenters. The van der Waals surface area contributed by atoms with Gasteiger partial charge in [0, 0.05) is 24.9 Å². The lowest BCUT2D eigenvalue weighted by molar-refractivity contribution is -0.136. The Morgan fingerprint density at radius 2 is 2.11 bits per heavy atom. The van der Waals surface area contributed by atoms with Gasteiger partial charge in [0.15, 0.2) is 0 Å². The minimum absolute atomic E-state index is 0.0915. The van der Waals surface area contributed by atoms with Gasteiger partial charge in [-0.05, 0) is 25.0 Å². The summed E-state index contributed by atoms with van der Waals surface area (Å²) < 4.78 is 5.80. The summed E-state index contributed by atoms with van der Waals surface area (Å²) in [6, 6.07) is 9.88. The van der Waals surface area contributed by atoms with Gasteiger partial charge in [0.1, 0.15) is 5.75 Å². The molecule has 3 nitrogen and oxygen atoms in total. The van der Waals surface area contributed by atoms with Crippen LogP contribution in [0.15, 0.2) is 30.3 Å². The number of benzene rings is 1. The van der Waals surface area contributed by atoms with Crippen LogP contribution in [0.5, 0.6) is 5.75 Å². The number of hydrogen-bond acceptors (Lipinski definition) is 2. The highest BCUT2D eigenvalue weighted by atomic mass is 16.5. The number of para-hydroxylation sites is 1. The summed E-state index contributed by atoms with van der Waals surface area (Å²) in [6.45, 7) is 6.37. The van der Waals surface area contributed by atoms with Crippen molar-refractivity contribution in [3.05, 3.63) is 30.3 Å². The summed E-state index contributed by atoms with van der Waals surface area (Å²) in [5.74, 6) is 1.73. The first-order valence-corrected chi connectivity index (χ1v) is 7.13. The van der Waals surface area contributed by atoms with Gasteiger partial charge in [0.05, 0.1) is 6.61 Å². The molecule has 19 heavy (non-hydrogen) atoms. The molecule has 1 heterocycles. The maximum Gasteiger partial charge on any atom is 0.225 e. The van der Waals surface area contributed by atoms with E-state index in [-0.39, 0.29) is 11.8 Å². The smallest absolute Gasteiger partial charge is 0.225 e. The molecule has 1 aromatic rings. The zero-order valence-corrected chi connectivity index (χ0v) is 11.8. The Morgan fingerprint density at radius 1 is 1.37 bits per heavy atom. The molecule has 1 aliphatic rings. The van der Waals surface area contributed by atoms with Gasteiger partial charge in [-0.25, -0.2) is 0 Å². The summed E-state index contributed by atoms with van der Waals surface area (Å²) in [6.07, 6.45) is 2.23. The quantitative estimate of drug-likeness (QED) is 0.834. The number of nitrogens with zero attached hydrogens (tertiary/aromatic N) is 1. The van der Waals surface area contributed by atoms with Crippen molar-refractivity contribution in [1.29, 1.82) is 0 Å². The molecule has 1 aromatic carbocycles. The maximum absolute atomic E-state index is 12.0. The van der Waals surface area contributed by atoms with Crippen molar-refractivity contribution in [2.75, 3.05) is 19.7 Å². The molecule has 3 heteroatoms.